The van der Waals surface area contributed by atoms with Crippen LogP contribution in [0.4, 0.5) is 0 Å². The summed E-state index contributed by atoms with van der Waals surface area (Å²) < 4.78 is 28.4. The van der Waals surface area contributed by atoms with E-state index in [0.717, 1.165) is 38.0 Å². The predicted molar refractivity (Wildman–Crippen MR) is 121 cm³/mol. The first kappa shape index (κ1) is 21.7. The van der Waals surface area contributed by atoms with E-state index in [9.17, 15) is 13.2 Å². The van der Waals surface area contributed by atoms with Gasteiger partial charge in [-0.05, 0) is 87.3 Å². The number of carbonyl (C=O) groups excluding carboxylic acids is 1. The van der Waals surface area contributed by atoms with Crippen molar-refractivity contribution >= 4 is 27.5 Å². The Kier molecular flexibility index (Phi) is 5.63. The molecule has 3 saturated carbocycles. The van der Waals surface area contributed by atoms with Crippen LogP contribution in [-0.2, 0) is 14.8 Å². The van der Waals surface area contributed by atoms with E-state index >= 15 is 0 Å². The Hall–Kier alpha value is -1.11. The molecule has 1 heterocycles. The first-order chi connectivity index (χ1) is 14.8. The van der Waals surface area contributed by atoms with Crippen LogP contribution in [0.5, 0.6) is 0 Å². The van der Waals surface area contributed by atoms with Gasteiger partial charge in [0.1, 0.15) is 0 Å². The van der Waals surface area contributed by atoms with Crippen LogP contribution in [0.15, 0.2) is 23.1 Å². The second kappa shape index (κ2) is 8.03. The van der Waals surface area contributed by atoms with Gasteiger partial charge < -0.3 is 5.32 Å². The molecule has 4 fully saturated rings. The molecule has 7 heteroatoms. The molecule has 5 nitrogen and oxygen atoms in total. The fourth-order valence-electron chi connectivity index (χ4n) is 7.21. The van der Waals surface area contributed by atoms with Gasteiger partial charge in [0.05, 0.1) is 10.3 Å². The van der Waals surface area contributed by atoms with Gasteiger partial charge in [-0.1, -0.05) is 30.5 Å². The van der Waals surface area contributed by atoms with Crippen molar-refractivity contribution in [1.82, 2.24) is 9.62 Å². The summed E-state index contributed by atoms with van der Waals surface area (Å²) in [5, 5.41) is 3.69. The van der Waals surface area contributed by atoms with E-state index in [4.69, 9.17) is 11.6 Å². The Morgan fingerprint density at radius 3 is 2.84 bits per heavy atom. The van der Waals surface area contributed by atoms with Crippen molar-refractivity contribution in [2.24, 2.45) is 23.2 Å². The van der Waals surface area contributed by atoms with Gasteiger partial charge in [0.15, 0.2) is 0 Å². The van der Waals surface area contributed by atoms with Gasteiger partial charge in [0, 0.05) is 24.2 Å². The molecule has 0 radical (unpaired) electrons. The average molecular weight is 465 g/mol. The highest BCUT2D eigenvalue weighted by Crippen LogP contribution is 2.60. The highest BCUT2D eigenvalue weighted by atomic mass is 35.5. The maximum Gasteiger partial charge on any atom is 0.243 e. The Morgan fingerprint density at radius 2 is 2.00 bits per heavy atom. The average Bonchev–Trinajstić information content (AvgIpc) is 3.27. The number of hydrogen-bond donors (Lipinski definition) is 1. The molecule has 0 spiro atoms. The number of halogens is 1. The van der Waals surface area contributed by atoms with Crippen LogP contribution in [0.25, 0.3) is 0 Å². The number of carbonyl (C=O) groups is 1. The lowest BCUT2D eigenvalue weighted by molar-refractivity contribution is -0.133. The topological polar surface area (TPSA) is 66.5 Å². The van der Waals surface area contributed by atoms with E-state index in [-0.39, 0.29) is 22.3 Å². The van der Waals surface area contributed by atoms with Crippen molar-refractivity contribution < 1.29 is 13.2 Å². The second-order valence-electron chi connectivity index (χ2n) is 10.4. The first-order valence-electron chi connectivity index (χ1n) is 11.9. The summed E-state index contributed by atoms with van der Waals surface area (Å²) in [4.78, 5) is 13.8. The Balaban J connectivity index is 1.31. The number of hydrogen-bond acceptors (Lipinski definition) is 3. The maximum atomic E-state index is 13.5. The van der Waals surface area contributed by atoms with Crippen molar-refractivity contribution in [2.45, 2.75) is 75.6 Å². The minimum Gasteiger partial charge on any atom is -0.354 e. The number of nitrogens with zero attached hydrogens (tertiary/aromatic N) is 1. The lowest BCUT2D eigenvalue weighted by atomic mass is 9.73. The number of sulfonamides is 1. The van der Waals surface area contributed by atoms with E-state index < -0.39 is 10.0 Å². The van der Waals surface area contributed by atoms with Crippen LogP contribution in [0.1, 0.15) is 63.4 Å². The lowest BCUT2D eigenvalue weighted by Gasteiger charge is -2.34. The Labute approximate surface area is 191 Å². The molecule has 4 aliphatic rings. The monoisotopic (exact) mass is 464 g/mol. The van der Waals surface area contributed by atoms with E-state index in [1.165, 1.54) is 25.7 Å². The van der Waals surface area contributed by atoms with Gasteiger partial charge in [0.2, 0.25) is 15.9 Å². The van der Waals surface area contributed by atoms with Crippen LogP contribution < -0.4 is 5.32 Å². The molecule has 5 rings (SSSR count). The summed E-state index contributed by atoms with van der Waals surface area (Å²) in [5.41, 5.74) is 0.380. The van der Waals surface area contributed by atoms with Crippen molar-refractivity contribution in [2.75, 3.05) is 13.1 Å². The number of benzene rings is 1. The van der Waals surface area contributed by atoms with E-state index in [1.807, 2.05) is 0 Å². The van der Waals surface area contributed by atoms with E-state index in [1.54, 1.807) is 29.4 Å². The summed E-state index contributed by atoms with van der Waals surface area (Å²) in [6.45, 7) is 2.64. The zero-order chi connectivity index (χ0) is 21.8. The Morgan fingerprint density at radius 1 is 1.19 bits per heavy atom. The molecular weight excluding hydrogens is 432 g/mol. The quantitative estimate of drug-likeness (QED) is 0.696. The molecule has 1 saturated heterocycles. The molecule has 1 amide bonds. The van der Waals surface area contributed by atoms with Crippen molar-refractivity contribution in [3.63, 3.8) is 0 Å². The molecule has 3 unspecified atom stereocenters. The Bertz CT molecular complexity index is 981. The van der Waals surface area contributed by atoms with Gasteiger partial charge in [-0.2, -0.15) is 4.31 Å². The van der Waals surface area contributed by atoms with E-state index in [2.05, 4.69) is 5.32 Å². The first-order valence-corrected chi connectivity index (χ1v) is 13.7. The molecule has 1 N–H and O–H groups in total. The SMILES string of the molecule is Cc1c(Cl)cccc1S(=O)(=O)N1CCCC1CNC(=O)[C@@]12CCCC3CC1C[C@H](C3)C2. The smallest absolute Gasteiger partial charge is 0.243 e. The molecule has 1 aromatic carbocycles. The van der Waals surface area contributed by atoms with Crippen LogP contribution >= 0.6 is 11.6 Å². The third-order valence-corrected chi connectivity index (χ3v) is 11.2. The van der Waals surface area contributed by atoms with Crippen LogP contribution in [0, 0.1) is 30.1 Å². The zero-order valence-electron chi connectivity index (χ0n) is 18.3. The van der Waals surface area contributed by atoms with Crippen LogP contribution in [0.2, 0.25) is 5.02 Å². The molecular formula is C24H33ClN2O3S. The van der Waals surface area contributed by atoms with Crippen molar-refractivity contribution in [3.05, 3.63) is 28.8 Å². The summed E-state index contributed by atoms with van der Waals surface area (Å²) in [6.07, 6.45) is 9.79. The standard InChI is InChI=1S/C24H33ClN2O3S/c1-16-21(25)7-2-8-22(16)31(29,30)27-10-4-6-20(27)15-26-23(28)24-9-3-5-17-11-18(14-24)13-19(24)12-17/h2,7-8,17-20H,3-6,9-15H2,1H3,(H,26,28)/t17?,18-,19?,20?,24+/m0/s1. The van der Waals surface area contributed by atoms with Gasteiger partial charge in [-0.3, -0.25) is 4.79 Å². The number of nitrogens with one attached hydrogen (secondary N) is 1. The molecule has 3 bridgehead atoms. The summed E-state index contributed by atoms with van der Waals surface area (Å²) >= 11 is 6.19. The largest absolute Gasteiger partial charge is 0.354 e. The molecule has 5 atom stereocenters. The normalized spacial score (nSPS) is 35.3. The molecule has 0 aromatic heterocycles. The van der Waals surface area contributed by atoms with Gasteiger partial charge in [-0.15, -0.1) is 0 Å². The molecule has 170 valence electrons. The van der Waals surface area contributed by atoms with Crippen LogP contribution in [0.3, 0.4) is 0 Å². The molecule has 1 aliphatic heterocycles. The summed E-state index contributed by atoms with van der Waals surface area (Å²) in [7, 11) is -3.64. The third-order valence-electron chi connectivity index (χ3n) is 8.65. The second-order valence-corrected chi connectivity index (χ2v) is 12.6. The fourth-order valence-corrected chi connectivity index (χ4v) is 9.39. The molecule has 31 heavy (non-hydrogen) atoms. The zero-order valence-corrected chi connectivity index (χ0v) is 19.9. The minimum atomic E-state index is -3.64. The van der Waals surface area contributed by atoms with Crippen molar-refractivity contribution in [3.8, 4) is 0 Å². The number of fused-ring (bicyclic) bond motifs is 2. The van der Waals surface area contributed by atoms with Gasteiger partial charge in [0.25, 0.3) is 0 Å². The highest BCUT2D eigenvalue weighted by Gasteiger charge is 2.56. The van der Waals surface area contributed by atoms with E-state index in [0.29, 0.717) is 35.5 Å². The fraction of sp³-hybridized carbons (Fsp3) is 0.708. The van der Waals surface area contributed by atoms with Gasteiger partial charge in [-0.25, -0.2) is 8.42 Å². The summed E-state index contributed by atoms with van der Waals surface area (Å²) in [5.74, 6) is 2.24. The molecule has 3 aliphatic carbocycles. The van der Waals surface area contributed by atoms with Gasteiger partial charge >= 0.3 is 0 Å². The lowest BCUT2D eigenvalue weighted by Crippen LogP contribution is -2.48. The van der Waals surface area contributed by atoms with Crippen molar-refractivity contribution in [1.29, 1.82) is 0 Å². The summed E-state index contributed by atoms with van der Waals surface area (Å²) in [6, 6.07) is 4.84. The third kappa shape index (κ3) is 3.63. The number of amides is 1. The molecule has 1 aromatic rings. The predicted octanol–water partition coefficient (Wildman–Crippen LogP) is 4.52. The minimum absolute atomic E-state index is 0.186. The number of rotatable bonds is 5. The highest BCUT2D eigenvalue weighted by molar-refractivity contribution is 7.89. The maximum absolute atomic E-state index is 13.5. The van der Waals surface area contributed by atoms with Crippen LogP contribution in [-0.4, -0.2) is 37.8 Å².